The van der Waals surface area contributed by atoms with E-state index in [4.69, 9.17) is 4.74 Å². The third-order valence-corrected chi connectivity index (χ3v) is 4.14. The molecule has 26 heavy (non-hydrogen) atoms. The molecular weight excluding hydrogens is 330 g/mol. The lowest BCUT2D eigenvalue weighted by Crippen LogP contribution is -2.31. The highest BCUT2D eigenvalue weighted by molar-refractivity contribution is 6.04. The normalized spacial score (nSPS) is 10.9. The van der Waals surface area contributed by atoms with Crippen molar-refractivity contribution < 1.29 is 9.53 Å². The predicted octanol–water partition coefficient (Wildman–Crippen LogP) is 2.92. The van der Waals surface area contributed by atoms with Crippen molar-refractivity contribution in [2.45, 2.75) is 26.4 Å². The standard InChI is InChI=1S/C20H21N3O3/c1-13(2)23-20(25)17-7-5-4-6-16(17)18(22-23)19(24)21-12-14-8-10-15(26-3)11-9-14/h4-11,13H,12H2,1-3H3,(H,21,24). The molecule has 0 unspecified atom stereocenters. The summed E-state index contributed by atoms with van der Waals surface area (Å²) in [7, 11) is 1.61. The lowest BCUT2D eigenvalue weighted by atomic mass is 10.1. The average Bonchev–Trinajstić information content (AvgIpc) is 2.66. The van der Waals surface area contributed by atoms with Gasteiger partial charge in [0.05, 0.1) is 18.5 Å². The molecule has 0 bridgehead atoms. The zero-order chi connectivity index (χ0) is 18.7. The van der Waals surface area contributed by atoms with E-state index in [1.807, 2.05) is 38.1 Å². The topological polar surface area (TPSA) is 73.2 Å². The summed E-state index contributed by atoms with van der Waals surface area (Å²) in [4.78, 5) is 25.3. The number of rotatable bonds is 5. The second-order valence-corrected chi connectivity index (χ2v) is 6.27. The lowest BCUT2D eigenvalue weighted by molar-refractivity contribution is 0.0945. The van der Waals surface area contributed by atoms with Crippen LogP contribution in [0.4, 0.5) is 0 Å². The Balaban J connectivity index is 1.92. The Labute approximate surface area is 151 Å². The van der Waals surface area contributed by atoms with Crippen LogP contribution in [0.3, 0.4) is 0 Å². The number of hydrogen-bond acceptors (Lipinski definition) is 4. The molecular formula is C20H21N3O3. The van der Waals surface area contributed by atoms with Gasteiger partial charge < -0.3 is 10.1 Å². The quantitative estimate of drug-likeness (QED) is 0.767. The molecule has 3 aromatic rings. The van der Waals surface area contributed by atoms with Gasteiger partial charge in [-0.1, -0.05) is 30.3 Å². The molecule has 134 valence electrons. The number of methoxy groups -OCH3 is 1. The Kier molecular flexibility index (Phi) is 5.02. The summed E-state index contributed by atoms with van der Waals surface area (Å²) in [6, 6.07) is 14.4. The van der Waals surface area contributed by atoms with Crippen LogP contribution in [0.25, 0.3) is 10.8 Å². The number of ether oxygens (including phenoxy) is 1. The number of nitrogens with zero attached hydrogens (tertiary/aromatic N) is 2. The number of fused-ring (bicyclic) bond motifs is 1. The third-order valence-electron chi connectivity index (χ3n) is 4.14. The number of hydrogen-bond donors (Lipinski definition) is 1. The summed E-state index contributed by atoms with van der Waals surface area (Å²) in [5.41, 5.74) is 1.00. The van der Waals surface area contributed by atoms with Crippen LogP contribution in [-0.4, -0.2) is 22.8 Å². The van der Waals surface area contributed by atoms with Gasteiger partial charge in [-0.25, -0.2) is 4.68 Å². The number of carbonyl (C=O) groups excluding carboxylic acids is 1. The second-order valence-electron chi connectivity index (χ2n) is 6.27. The van der Waals surface area contributed by atoms with Gasteiger partial charge in [0.1, 0.15) is 5.75 Å². The van der Waals surface area contributed by atoms with Crippen LogP contribution in [0.5, 0.6) is 5.75 Å². The molecule has 6 nitrogen and oxygen atoms in total. The largest absolute Gasteiger partial charge is 0.497 e. The first-order chi connectivity index (χ1) is 12.5. The lowest BCUT2D eigenvalue weighted by Gasteiger charge is -2.13. The smallest absolute Gasteiger partial charge is 0.274 e. The minimum atomic E-state index is -0.314. The average molecular weight is 351 g/mol. The van der Waals surface area contributed by atoms with E-state index in [1.54, 1.807) is 31.4 Å². The third kappa shape index (κ3) is 3.44. The molecule has 0 saturated carbocycles. The number of aromatic nitrogens is 2. The summed E-state index contributed by atoms with van der Waals surface area (Å²) >= 11 is 0. The first kappa shape index (κ1) is 17.7. The van der Waals surface area contributed by atoms with Crippen molar-refractivity contribution in [1.82, 2.24) is 15.1 Å². The van der Waals surface area contributed by atoms with Gasteiger partial charge in [-0.15, -0.1) is 0 Å². The molecule has 1 amide bonds. The summed E-state index contributed by atoms with van der Waals surface area (Å²) in [5.74, 6) is 0.447. The molecule has 0 aliphatic rings. The Morgan fingerprint density at radius 1 is 1.12 bits per heavy atom. The second kappa shape index (κ2) is 7.39. The van der Waals surface area contributed by atoms with Crippen molar-refractivity contribution in [3.05, 3.63) is 70.1 Å². The van der Waals surface area contributed by atoms with Gasteiger partial charge in [-0.3, -0.25) is 9.59 Å². The molecule has 0 spiro atoms. The van der Waals surface area contributed by atoms with Crippen LogP contribution in [0.1, 0.15) is 35.9 Å². The number of amides is 1. The molecule has 0 saturated heterocycles. The van der Waals surface area contributed by atoms with Crippen molar-refractivity contribution in [3.8, 4) is 5.75 Å². The van der Waals surface area contributed by atoms with Gasteiger partial charge in [0, 0.05) is 11.9 Å². The molecule has 0 atom stereocenters. The summed E-state index contributed by atoms with van der Waals surface area (Å²) < 4.78 is 6.48. The maximum atomic E-state index is 12.7. The van der Waals surface area contributed by atoms with Gasteiger partial charge in [0.25, 0.3) is 11.5 Å². The van der Waals surface area contributed by atoms with Gasteiger partial charge in [0.2, 0.25) is 0 Å². The van der Waals surface area contributed by atoms with Gasteiger partial charge in [-0.2, -0.15) is 5.10 Å². The van der Waals surface area contributed by atoms with E-state index in [9.17, 15) is 9.59 Å². The van der Waals surface area contributed by atoms with Crippen LogP contribution in [0, 0.1) is 0 Å². The molecule has 2 aromatic carbocycles. The van der Waals surface area contributed by atoms with Gasteiger partial charge >= 0.3 is 0 Å². The zero-order valence-electron chi connectivity index (χ0n) is 15.0. The van der Waals surface area contributed by atoms with E-state index in [0.717, 1.165) is 11.3 Å². The van der Waals surface area contributed by atoms with E-state index in [0.29, 0.717) is 17.3 Å². The Morgan fingerprint density at radius 3 is 2.38 bits per heavy atom. The molecule has 1 heterocycles. The number of nitrogens with one attached hydrogen (secondary N) is 1. The van der Waals surface area contributed by atoms with E-state index >= 15 is 0 Å². The van der Waals surface area contributed by atoms with E-state index in [1.165, 1.54) is 4.68 Å². The fourth-order valence-corrected chi connectivity index (χ4v) is 2.73. The zero-order valence-corrected chi connectivity index (χ0v) is 15.0. The highest BCUT2D eigenvalue weighted by Gasteiger charge is 2.17. The maximum absolute atomic E-state index is 12.7. The SMILES string of the molecule is COc1ccc(CNC(=O)c2nn(C(C)C)c(=O)c3ccccc23)cc1. The minimum Gasteiger partial charge on any atom is -0.497 e. The molecule has 3 rings (SSSR count). The first-order valence-corrected chi connectivity index (χ1v) is 8.44. The highest BCUT2D eigenvalue weighted by Crippen LogP contribution is 2.15. The minimum absolute atomic E-state index is 0.139. The number of carbonyl (C=O) groups is 1. The molecule has 1 N–H and O–H groups in total. The molecule has 0 aliphatic heterocycles. The molecule has 1 aromatic heterocycles. The highest BCUT2D eigenvalue weighted by atomic mass is 16.5. The van der Waals surface area contributed by atoms with Crippen LogP contribution >= 0.6 is 0 Å². The Bertz CT molecular complexity index is 991. The number of benzene rings is 2. The molecule has 0 radical (unpaired) electrons. The van der Waals surface area contributed by atoms with Crippen molar-refractivity contribution in [2.24, 2.45) is 0 Å². The molecule has 0 aliphatic carbocycles. The Morgan fingerprint density at radius 2 is 1.77 bits per heavy atom. The van der Waals surface area contributed by atoms with Crippen LogP contribution in [0.2, 0.25) is 0 Å². The molecule has 0 fully saturated rings. The molecule has 6 heteroatoms. The van der Waals surface area contributed by atoms with Crippen molar-refractivity contribution in [2.75, 3.05) is 7.11 Å². The van der Waals surface area contributed by atoms with Crippen LogP contribution < -0.4 is 15.6 Å². The van der Waals surface area contributed by atoms with E-state index in [2.05, 4.69) is 10.4 Å². The van der Waals surface area contributed by atoms with Crippen molar-refractivity contribution in [3.63, 3.8) is 0 Å². The fraction of sp³-hybridized carbons (Fsp3) is 0.250. The first-order valence-electron chi connectivity index (χ1n) is 8.44. The summed E-state index contributed by atoms with van der Waals surface area (Å²) in [6.45, 7) is 4.09. The van der Waals surface area contributed by atoms with Gasteiger partial charge in [0.15, 0.2) is 5.69 Å². The predicted molar refractivity (Wildman–Crippen MR) is 101 cm³/mol. The van der Waals surface area contributed by atoms with Crippen molar-refractivity contribution >= 4 is 16.7 Å². The van der Waals surface area contributed by atoms with Crippen LogP contribution in [-0.2, 0) is 6.54 Å². The van der Waals surface area contributed by atoms with Crippen LogP contribution in [0.15, 0.2) is 53.3 Å². The van der Waals surface area contributed by atoms with Crippen molar-refractivity contribution in [1.29, 1.82) is 0 Å². The summed E-state index contributed by atoms with van der Waals surface area (Å²) in [6.07, 6.45) is 0. The van der Waals surface area contributed by atoms with E-state index in [-0.39, 0.29) is 23.2 Å². The monoisotopic (exact) mass is 351 g/mol. The van der Waals surface area contributed by atoms with Gasteiger partial charge in [-0.05, 0) is 37.6 Å². The fourth-order valence-electron chi connectivity index (χ4n) is 2.73. The van der Waals surface area contributed by atoms with E-state index < -0.39 is 0 Å². The Hall–Kier alpha value is -3.15. The maximum Gasteiger partial charge on any atom is 0.274 e. The summed E-state index contributed by atoms with van der Waals surface area (Å²) in [5, 5.41) is 8.23.